The molecule has 2 N–H and O–H groups in total. The molecule has 146 valence electrons. The van der Waals surface area contributed by atoms with Gasteiger partial charge < -0.3 is 14.8 Å². The number of carbonyl (C=O) groups excluding carboxylic acids is 2. The van der Waals surface area contributed by atoms with Crippen LogP contribution in [0.15, 0.2) is 23.1 Å². The first kappa shape index (κ1) is 22.4. The van der Waals surface area contributed by atoms with Gasteiger partial charge >= 0.3 is 11.9 Å². The molecule has 1 aromatic carbocycles. The summed E-state index contributed by atoms with van der Waals surface area (Å²) in [5.74, 6) is -1.35. The Hall–Kier alpha value is -1.68. The highest BCUT2D eigenvalue weighted by Gasteiger charge is 2.30. The summed E-state index contributed by atoms with van der Waals surface area (Å²) < 4.78 is 37.6. The maximum absolute atomic E-state index is 12.9. The highest BCUT2D eigenvalue weighted by atomic mass is 35.5. The molecule has 0 radical (unpaired) electrons. The SMILES string of the molecule is COC(=O)c1ccc(C(=O)OC)c(S(=O)(=O)NC2CNCCC2C)c1.Cl. The maximum Gasteiger partial charge on any atom is 0.339 e. The smallest absolute Gasteiger partial charge is 0.339 e. The second-order valence-corrected chi connectivity index (χ2v) is 7.57. The van der Waals surface area contributed by atoms with E-state index in [2.05, 4.69) is 19.5 Å². The number of nitrogens with one attached hydrogen (secondary N) is 2. The van der Waals surface area contributed by atoms with Crippen LogP contribution in [0.2, 0.25) is 0 Å². The van der Waals surface area contributed by atoms with E-state index >= 15 is 0 Å². The van der Waals surface area contributed by atoms with Gasteiger partial charge in [0.25, 0.3) is 0 Å². The van der Waals surface area contributed by atoms with E-state index in [0.717, 1.165) is 26.1 Å². The number of piperidine rings is 1. The summed E-state index contributed by atoms with van der Waals surface area (Å²) in [6, 6.07) is 3.38. The van der Waals surface area contributed by atoms with Crippen molar-refractivity contribution < 1.29 is 27.5 Å². The van der Waals surface area contributed by atoms with E-state index in [-0.39, 0.29) is 40.4 Å². The van der Waals surface area contributed by atoms with E-state index in [1.807, 2.05) is 6.92 Å². The number of methoxy groups -OCH3 is 2. The fourth-order valence-electron chi connectivity index (χ4n) is 2.68. The van der Waals surface area contributed by atoms with Crippen molar-refractivity contribution in [3.63, 3.8) is 0 Å². The van der Waals surface area contributed by atoms with Gasteiger partial charge in [-0.15, -0.1) is 12.4 Å². The third kappa shape index (κ3) is 4.94. The monoisotopic (exact) mass is 406 g/mol. The van der Waals surface area contributed by atoms with Crippen LogP contribution in [0, 0.1) is 5.92 Å². The van der Waals surface area contributed by atoms with Crippen molar-refractivity contribution in [3.05, 3.63) is 29.3 Å². The number of esters is 2. The second kappa shape index (κ2) is 9.31. The van der Waals surface area contributed by atoms with E-state index < -0.39 is 22.0 Å². The lowest BCUT2D eigenvalue weighted by atomic mass is 9.96. The maximum atomic E-state index is 12.9. The highest BCUT2D eigenvalue weighted by Crippen LogP contribution is 2.22. The molecular formula is C16H23ClN2O6S. The third-order valence-electron chi connectivity index (χ3n) is 4.23. The molecule has 0 aliphatic carbocycles. The molecule has 0 aromatic heterocycles. The van der Waals surface area contributed by atoms with Gasteiger partial charge in [0.1, 0.15) is 0 Å². The zero-order valence-electron chi connectivity index (χ0n) is 14.8. The van der Waals surface area contributed by atoms with Crippen LogP contribution in [0.1, 0.15) is 34.1 Å². The molecule has 1 heterocycles. The molecule has 26 heavy (non-hydrogen) atoms. The van der Waals surface area contributed by atoms with Gasteiger partial charge in [-0.1, -0.05) is 6.92 Å². The van der Waals surface area contributed by atoms with Crippen LogP contribution in [0.5, 0.6) is 0 Å². The number of hydrogen-bond acceptors (Lipinski definition) is 7. The molecule has 0 spiro atoms. The Kier molecular flexibility index (Phi) is 8.01. The topological polar surface area (TPSA) is 111 Å². The van der Waals surface area contributed by atoms with Crippen molar-refractivity contribution in [3.8, 4) is 0 Å². The molecule has 1 aliphatic rings. The van der Waals surface area contributed by atoms with E-state index in [4.69, 9.17) is 0 Å². The fourth-order valence-corrected chi connectivity index (χ4v) is 4.24. The van der Waals surface area contributed by atoms with Gasteiger partial charge in [-0.3, -0.25) is 0 Å². The van der Waals surface area contributed by atoms with Gasteiger partial charge in [0.2, 0.25) is 10.0 Å². The average molecular weight is 407 g/mol. The number of benzene rings is 1. The summed E-state index contributed by atoms with van der Waals surface area (Å²) in [6.45, 7) is 3.27. The second-order valence-electron chi connectivity index (χ2n) is 5.89. The van der Waals surface area contributed by atoms with Crippen molar-refractivity contribution in [2.75, 3.05) is 27.3 Å². The average Bonchev–Trinajstić information content (AvgIpc) is 2.61. The van der Waals surface area contributed by atoms with Crippen molar-refractivity contribution in [1.82, 2.24) is 10.0 Å². The van der Waals surface area contributed by atoms with Gasteiger partial charge in [0.15, 0.2) is 0 Å². The van der Waals surface area contributed by atoms with Gasteiger partial charge in [-0.2, -0.15) is 0 Å². The summed E-state index contributed by atoms with van der Waals surface area (Å²) in [7, 11) is -1.69. The molecule has 1 aromatic rings. The van der Waals surface area contributed by atoms with E-state index in [1.54, 1.807) is 0 Å². The standard InChI is InChI=1S/C16H22N2O6S.ClH/c1-10-6-7-17-9-13(10)18-25(21,22)14-8-11(15(19)23-2)4-5-12(14)16(20)24-3;/h4-5,8,10,13,17-18H,6-7,9H2,1-3H3;1H. The lowest BCUT2D eigenvalue weighted by Gasteiger charge is -2.30. The summed E-state index contributed by atoms with van der Waals surface area (Å²) in [5, 5.41) is 3.13. The summed E-state index contributed by atoms with van der Waals surface area (Å²) in [4.78, 5) is 23.4. The molecule has 10 heteroatoms. The minimum Gasteiger partial charge on any atom is -0.465 e. The number of ether oxygens (including phenoxy) is 2. The molecule has 2 unspecified atom stereocenters. The molecule has 1 saturated heterocycles. The predicted octanol–water partition coefficient (Wildman–Crippen LogP) is 0.958. The predicted molar refractivity (Wildman–Crippen MR) is 97.1 cm³/mol. The van der Waals surface area contributed by atoms with Crippen molar-refractivity contribution in [1.29, 1.82) is 0 Å². The quantitative estimate of drug-likeness (QED) is 0.700. The number of carbonyl (C=O) groups is 2. The summed E-state index contributed by atoms with van der Waals surface area (Å²) >= 11 is 0. The van der Waals surface area contributed by atoms with E-state index in [1.165, 1.54) is 19.2 Å². The van der Waals surface area contributed by atoms with Crippen molar-refractivity contribution in [2.45, 2.75) is 24.3 Å². The van der Waals surface area contributed by atoms with Gasteiger partial charge in [-0.05, 0) is 37.1 Å². The molecule has 2 rings (SSSR count). The Balaban J connectivity index is 0.00000338. The zero-order valence-corrected chi connectivity index (χ0v) is 16.4. The molecule has 0 saturated carbocycles. The van der Waals surface area contributed by atoms with Crippen LogP contribution in [0.3, 0.4) is 0 Å². The summed E-state index contributed by atoms with van der Waals surface area (Å²) in [6.07, 6.45) is 0.833. The van der Waals surface area contributed by atoms with Crippen LogP contribution < -0.4 is 10.0 Å². The third-order valence-corrected chi connectivity index (χ3v) is 5.76. The van der Waals surface area contributed by atoms with Crippen LogP contribution >= 0.6 is 12.4 Å². The minimum atomic E-state index is -4.04. The number of halogens is 1. The van der Waals surface area contributed by atoms with Crippen LogP contribution in [0.4, 0.5) is 0 Å². The Bertz CT molecular complexity index is 768. The number of rotatable bonds is 5. The highest BCUT2D eigenvalue weighted by molar-refractivity contribution is 7.89. The van der Waals surface area contributed by atoms with Crippen LogP contribution in [0.25, 0.3) is 0 Å². The Labute approximate surface area is 159 Å². The van der Waals surface area contributed by atoms with Crippen molar-refractivity contribution >= 4 is 34.4 Å². The van der Waals surface area contributed by atoms with Gasteiger partial charge in [0.05, 0.1) is 30.2 Å². The molecule has 0 amide bonds. The zero-order chi connectivity index (χ0) is 18.6. The minimum absolute atomic E-state index is 0. The van der Waals surface area contributed by atoms with Crippen molar-refractivity contribution in [2.24, 2.45) is 5.92 Å². The Morgan fingerprint density at radius 1 is 1.19 bits per heavy atom. The Morgan fingerprint density at radius 2 is 1.85 bits per heavy atom. The van der Waals surface area contributed by atoms with Gasteiger partial charge in [0, 0.05) is 12.6 Å². The Morgan fingerprint density at radius 3 is 2.42 bits per heavy atom. The first-order valence-electron chi connectivity index (χ1n) is 7.84. The lowest BCUT2D eigenvalue weighted by molar-refractivity contribution is 0.0583. The largest absolute Gasteiger partial charge is 0.465 e. The normalized spacial score (nSPS) is 20.0. The molecule has 1 aliphatic heterocycles. The van der Waals surface area contributed by atoms with E-state index in [9.17, 15) is 18.0 Å². The first-order valence-corrected chi connectivity index (χ1v) is 9.32. The van der Waals surface area contributed by atoms with E-state index in [0.29, 0.717) is 6.54 Å². The fraction of sp³-hybridized carbons (Fsp3) is 0.500. The number of hydrogen-bond donors (Lipinski definition) is 2. The first-order chi connectivity index (χ1) is 11.8. The molecule has 1 fully saturated rings. The van der Waals surface area contributed by atoms with Gasteiger partial charge in [-0.25, -0.2) is 22.7 Å². The number of sulfonamides is 1. The molecule has 8 nitrogen and oxygen atoms in total. The lowest BCUT2D eigenvalue weighted by Crippen LogP contribution is -2.50. The molecule has 2 atom stereocenters. The molecular weight excluding hydrogens is 384 g/mol. The van der Waals surface area contributed by atoms with Crippen LogP contribution in [-0.4, -0.2) is 53.7 Å². The van der Waals surface area contributed by atoms with Crippen LogP contribution in [-0.2, 0) is 19.5 Å². The molecule has 0 bridgehead atoms. The summed E-state index contributed by atoms with van der Waals surface area (Å²) in [5.41, 5.74) is -0.107.